The summed E-state index contributed by atoms with van der Waals surface area (Å²) in [4.78, 5) is 5.79. The quantitative estimate of drug-likeness (QED) is 0.812. The van der Waals surface area contributed by atoms with E-state index in [0.29, 0.717) is 12.0 Å². The summed E-state index contributed by atoms with van der Waals surface area (Å²) in [5, 5.41) is 1.40. The number of benzene rings is 1. The van der Waals surface area contributed by atoms with Crippen molar-refractivity contribution in [1.82, 2.24) is 9.88 Å². The topological polar surface area (TPSA) is 28.3 Å². The number of fused-ring (bicyclic) bond motifs is 2. The third-order valence-electron chi connectivity index (χ3n) is 5.27. The lowest BCUT2D eigenvalue weighted by molar-refractivity contribution is -0.144. The number of hydrogen-bond acceptors (Lipinski definition) is 2. The number of likely N-dealkylation sites (N-methyl/N-ethyl adjacent to an activating group) is 1. The smallest absolute Gasteiger partial charge is 0.108 e. The fourth-order valence-corrected chi connectivity index (χ4v) is 4.13. The van der Waals surface area contributed by atoms with Crippen molar-refractivity contribution in [3.63, 3.8) is 0 Å². The van der Waals surface area contributed by atoms with Gasteiger partial charge in [-0.25, -0.2) is 0 Å². The molecule has 1 N–H and O–H groups in total. The molecule has 4 unspecified atom stereocenters. The molecule has 2 aromatic rings. The van der Waals surface area contributed by atoms with Crippen molar-refractivity contribution in [3.05, 3.63) is 47.7 Å². The molecule has 21 heavy (non-hydrogen) atoms. The van der Waals surface area contributed by atoms with E-state index in [1.807, 2.05) is 0 Å². The zero-order valence-corrected chi connectivity index (χ0v) is 12.9. The molecule has 1 saturated heterocycles. The number of aromatic amines is 1. The summed E-state index contributed by atoms with van der Waals surface area (Å²) in [6.45, 7) is 8.41. The Labute approximate surface area is 125 Å². The van der Waals surface area contributed by atoms with Crippen molar-refractivity contribution in [2.45, 2.75) is 44.6 Å². The maximum absolute atomic E-state index is 6.27. The maximum atomic E-state index is 6.27. The largest absolute Gasteiger partial charge is 0.361 e. The standard InChI is InChI=1S/C18H22N2O/c1-10(2)18-17-13-6-5-7-14-16(13)12(9-19-14)8-15(17)20(4)11(3)21-18/h5-7,9,11,15,17-19H,1,8H2,2-4H3. The molecule has 1 aromatic heterocycles. The molecule has 1 fully saturated rings. The highest BCUT2D eigenvalue weighted by Crippen LogP contribution is 2.45. The molecule has 0 radical (unpaired) electrons. The van der Waals surface area contributed by atoms with Crippen LogP contribution in [0.25, 0.3) is 10.9 Å². The highest BCUT2D eigenvalue weighted by atomic mass is 16.5. The molecule has 4 atom stereocenters. The lowest BCUT2D eigenvalue weighted by atomic mass is 9.74. The van der Waals surface area contributed by atoms with Crippen molar-refractivity contribution >= 4 is 10.9 Å². The Morgan fingerprint density at radius 2 is 2.24 bits per heavy atom. The Kier molecular flexibility index (Phi) is 2.78. The molecule has 0 amide bonds. The molecule has 3 nitrogen and oxygen atoms in total. The van der Waals surface area contributed by atoms with Gasteiger partial charge in [-0.1, -0.05) is 24.3 Å². The van der Waals surface area contributed by atoms with E-state index in [4.69, 9.17) is 4.74 Å². The van der Waals surface area contributed by atoms with Crippen molar-refractivity contribution in [2.24, 2.45) is 0 Å². The fraction of sp³-hybridized carbons (Fsp3) is 0.444. The number of nitrogens with zero attached hydrogens (tertiary/aromatic N) is 1. The molecule has 0 saturated carbocycles. The molecule has 110 valence electrons. The van der Waals surface area contributed by atoms with Crippen molar-refractivity contribution < 1.29 is 4.74 Å². The first kappa shape index (κ1) is 13.1. The number of ether oxygens (including phenoxy) is 1. The minimum absolute atomic E-state index is 0.106. The van der Waals surface area contributed by atoms with E-state index in [-0.39, 0.29) is 12.3 Å². The van der Waals surface area contributed by atoms with Gasteiger partial charge in [0, 0.05) is 29.1 Å². The van der Waals surface area contributed by atoms with Crippen LogP contribution in [0, 0.1) is 0 Å². The van der Waals surface area contributed by atoms with Crippen molar-refractivity contribution in [3.8, 4) is 0 Å². The SMILES string of the molecule is C=C(C)C1OC(C)N(C)C2Cc3c[nH]c4cccc(c34)C12. The Bertz CT molecular complexity index is 717. The summed E-state index contributed by atoms with van der Waals surface area (Å²) in [7, 11) is 2.18. The van der Waals surface area contributed by atoms with Crippen LogP contribution in [0.4, 0.5) is 0 Å². The van der Waals surface area contributed by atoms with E-state index in [1.54, 1.807) is 0 Å². The van der Waals surface area contributed by atoms with Crippen LogP contribution in [-0.4, -0.2) is 35.3 Å². The van der Waals surface area contributed by atoms with Gasteiger partial charge in [-0.15, -0.1) is 0 Å². The van der Waals surface area contributed by atoms with Gasteiger partial charge in [-0.2, -0.15) is 0 Å². The van der Waals surface area contributed by atoms with Gasteiger partial charge in [0.25, 0.3) is 0 Å². The molecule has 0 bridgehead atoms. The van der Waals surface area contributed by atoms with Crippen LogP contribution in [0.2, 0.25) is 0 Å². The van der Waals surface area contributed by atoms with Gasteiger partial charge in [-0.3, -0.25) is 4.90 Å². The molecule has 4 rings (SSSR count). The number of rotatable bonds is 1. The maximum Gasteiger partial charge on any atom is 0.108 e. The predicted molar refractivity (Wildman–Crippen MR) is 85.4 cm³/mol. The average molecular weight is 282 g/mol. The van der Waals surface area contributed by atoms with E-state index in [0.717, 1.165) is 12.0 Å². The number of aromatic nitrogens is 1. The second-order valence-corrected chi connectivity index (χ2v) is 6.55. The third kappa shape index (κ3) is 1.74. The van der Waals surface area contributed by atoms with Gasteiger partial charge < -0.3 is 9.72 Å². The van der Waals surface area contributed by atoms with Crippen LogP contribution in [0.5, 0.6) is 0 Å². The lowest BCUT2D eigenvalue weighted by Crippen LogP contribution is -2.55. The van der Waals surface area contributed by atoms with Gasteiger partial charge in [-0.05, 0) is 44.5 Å². The van der Waals surface area contributed by atoms with Crippen LogP contribution in [0.15, 0.2) is 36.5 Å². The summed E-state index contributed by atoms with van der Waals surface area (Å²) < 4.78 is 6.27. The summed E-state index contributed by atoms with van der Waals surface area (Å²) >= 11 is 0. The molecule has 0 spiro atoms. The highest BCUT2D eigenvalue weighted by Gasteiger charge is 2.44. The summed E-state index contributed by atoms with van der Waals surface area (Å²) in [5.41, 5.74) is 5.21. The molecule has 1 aromatic carbocycles. The Hall–Kier alpha value is -1.58. The van der Waals surface area contributed by atoms with Gasteiger partial charge >= 0.3 is 0 Å². The molecule has 2 heterocycles. The predicted octanol–water partition coefficient (Wildman–Crippen LogP) is 3.43. The first-order chi connectivity index (χ1) is 10.1. The van der Waals surface area contributed by atoms with E-state index >= 15 is 0 Å². The highest BCUT2D eigenvalue weighted by molar-refractivity contribution is 5.88. The minimum Gasteiger partial charge on any atom is -0.361 e. The van der Waals surface area contributed by atoms with E-state index in [2.05, 4.69) is 61.8 Å². The first-order valence-corrected chi connectivity index (χ1v) is 7.69. The first-order valence-electron chi connectivity index (χ1n) is 7.69. The van der Waals surface area contributed by atoms with Crippen LogP contribution < -0.4 is 0 Å². The number of nitrogens with one attached hydrogen (secondary N) is 1. The average Bonchev–Trinajstić information content (AvgIpc) is 2.88. The van der Waals surface area contributed by atoms with Gasteiger partial charge in [0.15, 0.2) is 0 Å². The van der Waals surface area contributed by atoms with Crippen LogP contribution in [0.3, 0.4) is 0 Å². The second kappa shape index (κ2) is 4.46. The summed E-state index contributed by atoms with van der Waals surface area (Å²) in [6.07, 6.45) is 3.49. The van der Waals surface area contributed by atoms with Crippen molar-refractivity contribution in [2.75, 3.05) is 7.05 Å². The minimum atomic E-state index is 0.106. The Morgan fingerprint density at radius 3 is 3.00 bits per heavy atom. The van der Waals surface area contributed by atoms with E-state index in [1.165, 1.54) is 22.0 Å². The lowest BCUT2D eigenvalue weighted by Gasteiger charge is -2.49. The molecular formula is C18H22N2O. The molecule has 1 aliphatic heterocycles. The fourth-order valence-electron chi connectivity index (χ4n) is 4.13. The Morgan fingerprint density at radius 1 is 1.43 bits per heavy atom. The van der Waals surface area contributed by atoms with E-state index in [9.17, 15) is 0 Å². The molecule has 2 aliphatic rings. The molecular weight excluding hydrogens is 260 g/mol. The van der Waals surface area contributed by atoms with Gasteiger partial charge in [0.05, 0.1) is 6.10 Å². The van der Waals surface area contributed by atoms with Crippen molar-refractivity contribution in [1.29, 1.82) is 0 Å². The summed E-state index contributed by atoms with van der Waals surface area (Å²) in [6, 6.07) is 7.05. The monoisotopic (exact) mass is 282 g/mol. The zero-order chi connectivity index (χ0) is 14.7. The second-order valence-electron chi connectivity index (χ2n) is 6.55. The number of hydrogen-bond donors (Lipinski definition) is 1. The Balaban J connectivity index is 1.93. The summed E-state index contributed by atoms with van der Waals surface area (Å²) in [5.74, 6) is 0.371. The van der Waals surface area contributed by atoms with Gasteiger partial charge in [0.2, 0.25) is 0 Å². The molecule has 3 heteroatoms. The zero-order valence-electron chi connectivity index (χ0n) is 12.9. The molecule has 1 aliphatic carbocycles. The number of H-pyrrole nitrogens is 1. The van der Waals surface area contributed by atoms with Crippen LogP contribution in [0.1, 0.15) is 30.9 Å². The normalized spacial score (nSPS) is 32.1. The van der Waals surface area contributed by atoms with Gasteiger partial charge in [0.1, 0.15) is 6.23 Å². The van der Waals surface area contributed by atoms with E-state index < -0.39 is 0 Å². The van der Waals surface area contributed by atoms with Crippen LogP contribution >= 0.6 is 0 Å². The third-order valence-corrected chi connectivity index (χ3v) is 5.27. The van der Waals surface area contributed by atoms with Crippen LogP contribution in [-0.2, 0) is 11.2 Å².